The van der Waals surface area contributed by atoms with E-state index < -0.39 is 55.0 Å². The summed E-state index contributed by atoms with van der Waals surface area (Å²) < 4.78 is 11.0. The first-order valence-corrected chi connectivity index (χ1v) is 11.9. The third-order valence-electron chi connectivity index (χ3n) is 5.71. The normalized spacial score (nSPS) is 17.6. The monoisotopic (exact) mass is 511 g/mol. The summed E-state index contributed by atoms with van der Waals surface area (Å²) in [7, 11) is 0.191. The minimum atomic E-state index is -1.38. The lowest BCUT2D eigenvalue weighted by molar-refractivity contribution is -0.148. The van der Waals surface area contributed by atoms with Crippen LogP contribution in [0.1, 0.15) is 36.3 Å². The molecule has 1 saturated heterocycles. The van der Waals surface area contributed by atoms with Gasteiger partial charge in [0.15, 0.2) is 6.10 Å². The zero-order valence-corrected chi connectivity index (χ0v) is 20.8. The number of benzene rings is 1. The van der Waals surface area contributed by atoms with Crippen molar-refractivity contribution in [2.24, 2.45) is 5.92 Å². The summed E-state index contributed by atoms with van der Waals surface area (Å²) in [5.74, 6) is -3.95. The Morgan fingerprint density at radius 1 is 1.14 bits per heavy atom. The molecule has 2 amide bonds. The van der Waals surface area contributed by atoms with E-state index in [1.54, 1.807) is 0 Å². The number of aliphatic carboxylic acids is 1. The average Bonchev–Trinajstić information content (AvgIpc) is 3.25. The molecule has 2 heterocycles. The Kier molecular flexibility index (Phi) is 9.69. The number of nitrogens with zero attached hydrogens (tertiary/aromatic N) is 2. The molecule has 1 fully saturated rings. The molecular formula is C24H30BN5O7. The first kappa shape index (κ1) is 27.7. The second kappa shape index (κ2) is 12.9. The van der Waals surface area contributed by atoms with Crippen LogP contribution in [0.3, 0.4) is 0 Å². The summed E-state index contributed by atoms with van der Waals surface area (Å²) >= 11 is 0. The number of amides is 2. The Morgan fingerprint density at radius 2 is 1.86 bits per heavy atom. The van der Waals surface area contributed by atoms with E-state index in [0.29, 0.717) is 6.42 Å². The number of nitrogens with one attached hydrogen (secondary N) is 3. The number of carboxylic acids is 1. The van der Waals surface area contributed by atoms with E-state index >= 15 is 0 Å². The third-order valence-corrected chi connectivity index (χ3v) is 5.71. The number of aromatic nitrogens is 2. The summed E-state index contributed by atoms with van der Waals surface area (Å²) in [6.07, 6.45) is 3.26. The Bertz CT molecular complexity index is 1090. The van der Waals surface area contributed by atoms with E-state index in [1.807, 2.05) is 44.2 Å². The van der Waals surface area contributed by atoms with Gasteiger partial charge in [-0.25, -0.2) is 4.98 Å². The van der Waals surface area contributed by atoms with Gasteiger partial charge in [-0.2, -0.15) is 0 Å². The topological polar surface area (TPSA) is 169 Å². The first-order valence-electron chi connectivity index (χ1n) is 11.9. The van der Waals surface area contributed by atoms with Crippen LogP contribution in [0.15, 0.2) is 48.9 Å². The van der Waals surface area contributed by atoms with Gasteiger partial charge < -0.3 is 30.4 Å². The predicted octanol–water partition coefficient (Wildman–Crippen LogP) is -0.00940. The molecule has 1 aliphatic rings. The molecule has 4 atom stereocenters. The Labute approximate surface area is 214 Å². The number of hydrogen-bond acceptors (Lipinski definition) is 9. The highest BCUT2D eigenvalue weighted by molar-refractivity contribution is 6.51. The van der Waals surface area contributed by atoms with Crippen LogP contribution in [0.25, 0.3) is 0 Å². The van der Waals surface area contributed by atoms with Gasteiger partial charge in [-0.15, -0.1) is 0 Å². The van der Waals surface area contributed by atoms with Gasteiger partial charge in [0.2, 0.25) is 5.91 Å². The average molecular weight is 511 g/mol. The van der Waals surface area contributed by atoms with Crippen LogP contribution in [-0.2, 0) is 30.1 Å². The van der Waals surface area contributed by atoms with Crippen molar-refractivity contribution in [2.75, 3.05) is 7.05 Å². The van der Waals surface area contributed by atoms with Gasteiger partial charge in [-0.05, 0) is 24.9 Å². The molecule has 1 aromatic carbocycles. The van der Waals surface area contributed by atoms with Crippen LogP contribution in [0.5, 0.6) is 0 Å². The summed E-state index contributed by atoms with van der Waals surface area (Å²) in [5.41, 5.74) is 0.860. The van der Waals surface area contributed by atoms with E-state index in [2.05, 4.69) is 25.9 Å². The summed E-state index contributed by atoms with van der Waals surface area (Å²) in [5, 5.41) is 17.5. The molecule has 0 saturated carbocycles. The zero-order chi connectivity index (χ0) is 26.9. The smallest absolute Gasteiger partial charge is 0.506 e. The lowest BCUT2D eigenvalue weighted by Crippen LogP contribution is -2.55. The molecule has 0 bridgehead atoms. The van der Waals surface area contributed by atoms with Crippen molar-refractivity contribution in [2.45, 2.75) is 50.8 Å². The van der Waals surface area contributed by atoms with Crippen LogP contribution in [0.4, 0.5) is 0 Å². The fraction of sp³-hybridized carbons (Fsp3) is 0.417. The minimum Gasteiger partial charge on any atom is -0.506 e. The van der Waals surface area contributed by atoms with Gasteiger partial charge in [-0.1, -0.05) is 44.2 Å². The molecule has 196 valence electrons. The highest BCUT2D eigenvalue weighted by Crippen LogP contribution is 2.20. The molecule has 37 heavy (non-hydrogen) atoms. The van der Waals surface area contributed by atoms with Crippen molar-refractivity contribution in [1.29, 1.82) is 0 Å². The van der Waals surface area contributed by atoms with Crippen molar-refractivity contribution >= 4 is 30.9 Å². The number of carbonyl (C=O) groups excluding carboxylic acids is 3. The van der Waals surface area contributed by atoms with Gasteiger partial charge in [0, 0.05) is 18.8 Å². The summed E-state index contributed by atoms with van der Waals surface area (Å²) in [6, 6.07) is 6.83. The van der Waals surface area contributed by atoms with Crippen molar-refractivity contribution in [3.05, 3.63) is 60.2 Å². The maximum atomic E-state index is 13.5. The molecule has 0 radical (unpaired) electrons. The predicted molar refractivity (Wildman–Crippen MR) is 132 cm³/mol. The molecule has 0 aliphatic carbocycles. The van der Waals surface area contributed by atoms with Crippen LogP contribution in [0, 0.1) is 5.92 Å². The minimum absolute atomic E-state index is 0.0507. The van der Waals surface area contributed by atoms with E-state index in [4.69, 9.17) is 9.31 Å². The van der Waals surface area contributed by atoms with Gasteiger partial charge in [0.1, 0.15) is 17.8 Å². The van der Waals surface area contributed by atoms with Crippen LogP contribution in [-0.4, -0.2) is 77.1 Å². The van der Waals surface area contributed by atoms with E-state index in [-0.39, 0.29) is 18.0 Å². The third kappa shape index (κ3) is 7.57. The second-order valence-corrected chi connectivity index (χ2v) is 9.02. The largest absolute Gasteiger partial charge is 0.552 e. The number of rotatable bonds is 12. The van der Waals surface area contributed by atoms with Crippen molar-refractivity contribution in [1.82, 2.24) is 25.9 Å². The highest BCUT2D eigenvalue weighted by atomic mass is 16.7. The molecule has 1 aliphatic heterocycles. The summed E-state index contributed by atoms with van der Waals surface area (Å²) in [6.45, 7) is 3.83. The second-order valence-electron chi connectivity index (χ2n) is 9.02. The van der Waals surface area contributed by atoms with Gasteiger partial charge in [0.25, 0.3) is 5.91 Å². The number of hydrogen-bond donors (Lipinski definition) is 4. The first-order chi connectivity index (χ1) is 17.7. The van der Waals surface area contributed by atoms with E-state index in [9.17, 15) is 24.3 Å². The number of carbonyl (C=O) groups is 4. The van der Waals surface area contributed by atoms with Crippen LogP contribution in [0.2, 0.25) is 0 Å². The highest BCUT2D eigenvalue weighted by Gasteiger charge is 2.50. The Morgan fingerprint density at radius 3 is 2.46 bits per heavy atom. The van der Waals surface area contributed by atoms with Crippen LogP contribution >= 0.6 is 0 Å². The van der Waals surface area contributed by atoms with Gasteiger partial charge in [-0.3, -0.25) is 24.2 Å². The summed E-state index contributed by atoms with van der Waals surface area (Å²) in [4.78, 5) is 58.0. The van der Waals surface area contributed by atoms with E-state index in [0.717, 1.165) is 5.56 Å². The number of carboxylic acid groups (broad SMARTS) is 1. The molecule has 4 N–H and O–H groups in total. The lowest BCUT2D eigenvalue weighted by atomic mass is 9.74. The quantitative estimate of drug-likeness (QED) is 0.285. The standard InChI is InChI=1S/C24H30BN5O7/c1-14(2)11-18(25-36-20(24(35)37-25)19(26-3)23(33)34)30-21(31)16(12-15-7-5-4-6-8-15)29-22(32)17-13-27-9-10-28-17/h4-10,13-14,16,18-20,26H,11-12H2,1-3H3,(H,29,32)(H,30,31)(H,33,34)/t16?,18?,19?,20-/m1/s1. The van der Waals surface area contributed by atoms with Gasteiger partial charge >= 0.3 is 19.1 Å². The fourth-order valence-corrected chi connectivity index (χ4v) is 3.94. The molecular weight excluding hydrogens is 481 g/mol. The van der Waals surface area contributed by atoms with Crippen molar-refractivity contribution in [3.8, 4) is 0 Å². The van der Waals surface area contributed by atoms with E-state index in [1.165, 1.54) is 25.6 Å². The molecule has 1 aromatic heterocycles. The fourth-order valence-electron chi connectivity index (χ4n) is 3.94. The maximum Gasteiger partial charge on any atom is 0.552 e. The molecule has 12 nitrogen and oxygen atoms in total. The van der Waals surface area contributed by atoms with Gasteiger partial charge in [0.05, 0.1) is 12.1 Å². The SMILES string of the molecule is CNC(C(=O)O)[C@H]1OB(C(CC(C)C)NC(=O)C(Cc2ccccc2)NC(=O)c2cnccn2)OC1=O. The molecule has 3 rings (SSSR count). The Balaban J connectivity index is 1.80. The molecule has 2 aromatic rings. The lowest BCUT2D eigenvalue weighted by Gasteiger charge is -2.25. The maximum absolute atomic E-state index is 13.5. The van der Waals surface area contributed by atoms with Crippen molar-refractivity contribution < 1.29 is 33.6 Å². The zero-order valence-electron chi connectivity index (χ0n) is 20.8. The Hall–Kier alpha value is -3.84. The molecule has 0 spiro atoms. The number of likely N-dealkylation sites (N-methyl/N-ethyl adjacent to an activating group) is 1. The van der Waals surface area contributed by atoms with Crippen LogP contribution < -0.4 is 16.0 Å². The molecule has 3 unspecified atom stereocenters. The van der Waals surface area contributed by atoms with Crippen molar-refractivity contribution in [3.63, 3.8) is 0 Å². The molecule has 13 heteroatoms.